The lowest BCUT2D eigenvalue weighted by Crippen LogP contribution is -2.34. The number of hydrogen-bond acceptors (Lipinski definition) is 5. The van der Waals surface area contributed by atoms with Crippen LogP contribution in [0.1, 0.15) is 22.7 Å². The standard InChI is InChI=1S/C20H21ClN4O2/c1-12-10-16-18(20(26)25(12)9-8-24(2)3)17(14(11-22)19(23)27-16)13-6-4-5-7-15(13)21/h4-7,10,17H,8-9,23H2,1-3H3/t17-/m1/s1. The number of nitriles is 1. The third kappa shape index (κ3) is 3.44. The monoisotopic (exact) mass is 384 g/mol. The highest BCUT2D eigenvalue weighted by Crippen LogP contribution is 2.42. The molecule has 0 aliphatic carbocycles. The zero-order chi connectivity index (χ0) is 19.7. The van der Waals surface area contributed by atoms with E-state index in [0.29, 0.717) is 35.0 Å². The lowest BCUT2D eigenvalue weighted by atomic mass is 9.84. The maximum absolute atomic E-state index is 13.4. The van der Waals surface area contributed by atoms with Gasteiger partial charge in [0.15, 0.2) is 0 Å². The van der Waals surface area contributed by atoms with Crippen LogP contribution in [-0.2, 0) is 6.54 Å². The molecule has 27 heavy (non-hydrogen) atoms. The Labute approximate surface area is 163 Å². The first-order valence-corrected chi connectivity index (χ1v) is 8.94. The predicted molar refractivity (Wildman–Crippen MR) is 105 cm³/mol. The molecule has 1 aromatic heterocycles. The van der Waals surface area contributed by atoms with Crippen LogP contribution in [-0.4, -0.2) is 30.1 Å². The van der Waals surface area contributed by atoms with Gasteiger partial charge in [-0.2, -0.15) is 5.26 Å². The maximum Gasteiger partial charge on any atom is 0.258 e. The highest BCUT2D eigenvalue weighted by molar-refractivity contribution is 6.31. The molecule has 0 unspecified atom stereocenters. The number of allylic oxidation sites excluding steroid dienone is 1. The van der Waals surface area contributed by atoms with Crippen LogP contribution in [0, 0.1) is 18.3 Å². The lowest BCUT2D eigenvalue weighted by molar-refractivity contribution is 0.369. The topological polar surface area (TPSA) is 84.3 Å². The third-order valence-electron chi connectivity index (χ3n) is 4.68. The Balaban J connectivity index is 2.26. The number of pyridine rings is 1. The summed E-state index contributed by atoms with van der Waals surface area (Å²) < 4.78 is 7.33. The average Bonchev–Trinajstić information content (AvgIpc) is 2.60. The highest BCUT2D eigenvalue weighted by Gasteiger charge is 2.35. The van der Waals surface area contributed by atoms with Crippen molar-refractivity contribution in [2.75, 3.05) is 20.6 Å². The molecule has 0 spiro atoms. The van der Waals surface area contributed by atoms with Gasteiger partial charge >= 0.3 is 0 Å². The van der Waals surface area contributed by atoms with Gasteiger partial charge in [-0.25, -0.2) is 0 Å². The van der Waals surface area contributed by atoms with Gasteiger partial charge in [0.2, 0.25) is 5.88 Å². The van der Waals surface area contributed by atoms with E-state index in [1.807, 2.05) is 32.0 Å². The van der Waals surface area contributed by atoms with E-state index in [2.05, 4.69) is 6.07 Å². The molecule has 0 amide bonds. The van der Waals surface area contributed by atoms with E-state index in [0.717, 1.165) is 5.69 Å². The zero-order valence-corrected chi connectivity index (χ0v) is 16.2. The van der Waals surface area contributed by atoms with Crippen LogP contribution in [0.4, 0.5) is 0 Å². The fraction of sp³-hybridized carbons (Fsp3) is 0.300. The number of halogens is 1. The molecule has 2 heterocycles. The summed E-state index contributed by atoms with van der Waals surface area (Å²) in [5, 5.41) is 10.1. The van der Waals surface area contributed by atoms with Crippen LogP contribution in [0.2, 0.25) is 5.02 Å². The minimum absolute atomic E-state index is 0.000221. The molecule has 0 bridgehead atoms. The van der Waals surface area contributed by atoms with Crippen molar-refractivity contribution in [2.24, 2.45) is 5.73 Å². The minimum atomic E-state index is -0.661. The van der Waals surface area contributed by atoms with Crippen LogP contribution < -0.4 is 16.0 Å². The van der Waals surface area contributed by atoms with E-state index >= 15 is 0 Å². The first kappa shape index (κ1) is 19.0. The number of aromatic nitrogens is 1. The van der Waals surface area contributed by atoms with Gasteiger partial charge in [-0.05, 0) is 32.6 Å². The molecule has 6 nitrogen and oxygen atoms in total. The van der Waals surface area contributed by atoms with Gasteiger partial charge in [-0.3, -0.25) is 4.79 Å². The van der Waals surface area contributed by atoms with Crippen molar-refractivity contribution in [3.05, 3.63) is 74.0 Å². The SMILES string of the molecule is Cc1cc2c(c(=O)n1CCN(C)C)[C@H](c1ccccc1Cl)C(C#N)=C(N)O2. The molecular weight excluding hydrogens is 364 g/mol. The van der Waals surface area contributed by atoms with Gasteiger partial charge in [0, 0.05) is 29.9 Å². The molecule has 140 valence electrons. The van der Waals surface area contributed by atoms with Crippen molar-refractivity contribution in [3.63, 3.8) is 0 Å². The number of aryl methyl sites for hydroxylation is 1. The van der Waals surface area contributed by atoms with Crippen LogP contribution in [0.25, 0.3) is 0 Å². The second-order valence-electron chi connectivity index (χ2n) is 6.77. The Morgan fingerprint density at radius 1 is 1.37 bits per heavy atom. The molecule has 0 fully saturated rings. The normalized spacial score (nSPS) is 16.1. The van der Waals surface area contributed by atoms with E-state index in [1.54, 1.807) is 28.8 Å². The van der Waals surface area contributed by atoms with Gasteiger partial charge in [-0.15, -0.1) is 0 Å². The van der Waals surface area contributed by atoms with E-state index in [4.69, 9.17) is 22.1 Å². The second kappa shape index (κ2) is 7.47. The molecule has 2 N–H and O–H groups in total. The average molecular weight is 385 g/mol. The smallest absolute Gasteiger partial charge is 0.258 e. The number of nitrogens with two attached hydrogens (primary N) is 1. The Bertz CT molecular complexity index is 1020. The van der Waals surface area contributed by atoms with Crippen LogP contribution >= 0.6 is 11.6 Å². The fourth-order valence-electron chi connectivity index (χ4n) is 3.28. The predicted octanol–water partition coefficient (Wildman–Crippen LogP) is 2.59. The first-order chi connectivity index (χ1) is 12.8. The summed E-state index contributed by atoms with van der Waals surface area (Å²) in [4.78, 5) is 15.4. The van der Waals surface area contributed by atoms with Gasteiger partial charge in [0.25, 0.3) is 5.56 Å². The second-order valence-corrected chi connectivity index (χ2v) is 7.18. The molecule has 7 heteroatoms. The number of hydrogen-bond donors (Lipinski definition) is 1. The fourth-order valence-corrected chi connectivity index (χ4v) is 3.53. The summed E-state index contributed by atoms with van der Waals surface area (Å²) in [6.07, 6.45) is 0. The molecule has 0 saturated heterocycles. The summed E-state index contributed by atoms with van der Waals surface area (Å²) in [5.74, 6) is -0.286. The Morgan fingerprint density at radius 3 is 2.70 bits per heavy atom. The molecule has 1 aliphatic heterocycles. The van der Waals surface area contributed by atoms with Crippen LogP contribution in [0.5, 0.6) is 5.75 Å². The van der Waals surface area contributed by atoms with Gasteiger partial charge < -0.3 is 19.9 Å². The maximum atomic E-state index is 13.4. The number of rotatable bonds is 4. The molecular formula is C20H21ClN4O2. The summed E-state index contributed by atoms with van der Waals surface area (Å²) in [6, 6.07) is 11.0. The Hall–Kier alpha value is -2.75. The van der Waals surface area contributed by atoms with E-state index in [1.165, 1.54) is 0 Å². The molecule has 2 aromatic rings. The lowest BCUT2D eigenvalue weighted by Gasteiger charge is -2.28. The molecule has 3 rings (SSSR count). The molecule has 1 atom stereocenters. The van der Waals surface area contributed by atoms with E-state index in [-0.39, 0.29) is 17.0 Å². The largest absolute Gasteiger partial charge is 0.440 e. The Morgan fingerprint density at radius 2 is 2.07 bits per heavy atom. The number of likely N-dealkylation sites (N-methyl/N-ethyl adjacent to an activating group) is 1. The molecule has 1 aromatic carbocycles. The van der Waals surface area contributed by atoms with Crippen molar-refractivity contribution in [1.29, 1.82) is 5.26 Å². The van der Waals surface area contributed by atoms with Crippen LogP contribution in [0.15, 0.2) is 46.6 Å². The molecule has 0 saturated carbocycles. The molecule has 0 radical (unpaired) electrons. The minimum Gasteiger partial charge on any atom is -0.440 e. The van der Waals surface area contributed by atoms with Gasteiger partial charge in [0.05, 0.1) is 11.5 Å². The summed E-state index contributed by atoms with van der Waals surface area (Å²) in [5.41, 5.74) is 7.80. The number of fused-ring (bicyclic) bond motifs is 1. The highest BCUT2D eigenvalue weighted by atomic mass is 35.5. The van der Waals surface area contributed by atoms with E-state index < -0.39 is 5.92 Å². The molecule has 1 aliphatic rings. The quantitative estimate of drug-likeness (QED) is 0.875. The van der Waals surface area contributed by atoms with Crippen molar-refractivity contribution >= 4 is 11.6 Å². The van der Waals surface area contributed by atoms with E-state index in [9.17, 15) is 10.1 Å². The third-order valence-corrected chi connectivity index (χ3v) is 5.02. The van der Waals surface area contributed by atoms with Gasteiger partial charge in [-0.1, -0.05) is 29.8 Å². The van der Waals surface area contributed by atoms with Gasteiger partial charge in [0.1, 0.15) is 17.4 Å². The number of nitrogens with zero attached hydrogens (tertiary/aromatic N) is 3. The summed E-state index contributed by atoms with van der Waals surface area (Å²) in [6.45, 7) is 3.09. The zero-order valence-electron chi connectivity index (χ0n) is 15.5. The summed E-state index contributed by atoms with van der Waals surface area (Å²) in [7, 11) is 3.90. The number of ether oxygens (including phenoxy) is 1. The van der Waals surface area contributed by atoms with Crippen LogP contribution in [0.3, 0.4) is 0 Å². The Kier molecular flexibility index (Phi) is 5.26. The van der Waals surface area contributed by atoms with Crippen molar-refractivity contribution < 1.29 is 4.74 Å². The van der Waals surface area contributed by atoms with Crippen molar-refractivity contribution in [1.82, 2.24) is 9.47 Å². The van der Waals surface area contributed by atoms with Crippen molar-refractivity contribution in [2.45, 2.75) is 19.4 Å². The summed E-state index contributed by atoms with van der Waals surface area (Å²) >= 11 is 6.39. The van der Waals surface area contributed by atoms with Crippen molar-refractivity contribution in [3.8, 4) is 11.8 Å². The number of benzene rings is 1. The first-order valence-electron chi connectivity index (χ1n) is 8.56.